The van der Waals surface area contributed by atoms with Crippen molar-refractivity contribution in [1.82, 2.24) is 0 Å². The Kier molecular flexibility index (Phi) is 3.49. The molecule has 0 aromatic heterocycles. The summed E-state index contributed by atoms with van der Waals surface area (Å²) in [5.41, 5.74) is 1.99. The molecule has 1 aromatic carbocycles. The molecule has 0 fully saturated rings. The Hall–Kier alpha value is -1.17. The maximum Gasteiger partial charge on any atom is 0.137 e. The van der Waals surface area contributed by atoms with Crippen LogP contribution in [-0.2, 0) is 0 Å². The fraction of sp³-hybridized carbons (Fsp3) is 0.231. The largest absolute Gasteiger partial charge is 0.376 e. The molecule has 1 aromatic rings. The Bertz CT molecular complexity index is 411. The normalized spacial score (nSPS) is 16.5. The Labute approximate surface area is 94.2 Å². The minimum atomic E-state index is -0.597. The van der Waals surface area contributed by atoms with Gasteiger partial charge in [-0.05, 0) is 29.5 Å². The third kappa shape index (κ3) is 2.89. The number of rotatable bonds is 1. The number of hydrogen-bond donors (Lipinski definition) is 1. The maximum atomic E-state index is 9.76. The van der Waals surface area contributed by atoms with E-state index in [2.05, 4.69) is 11.8 Å². The molecule has 1 aliphatic rings. The average molecular weight is 216 g/mol. The van der Waals surface area contributed by atoms with Crippen LogP contribution in [0.2, 0.25) is 0 Å². The Morgan fingerprint density at radius 2 is 2.07 bits per heavy atom. The van der Waals surface area contributed by atoms with Crippen molar-refractivity contribution >= 4 is 11.8 Å². The minimum absolute atomic E-state index is 0.597. The van der Waals surface area contributed by atoms with Gasteiger partial charge in [-0.15, -0.1) is 11.8 Å². The van der Waals surface area contributed by atoms with Gasteiger partial charge < -0.3 is 5.11 Å². The van der Waals surface area contributed by atoms with E-state index in [4.69, 9.17) is 0 Å². The van der Waals surface area contributed by atoms with E-state index >= 15 is 0 Å². The van der Waals surface area contributed by atoms with Crippen LogP contribution in [0.15, 0.2) is 41.3 Å². The molecule has 0 aliphatic carbocycles. The molecule has 15 heavy (non-hydrogen) atoms. The SMILES string of the molecule is OC(C#Cc1ccccc1)C1=CSCC1. The van der Waals surface area contributed by atoms with Crippen LogP contribution in [0.25, 0.3) is 0 Å². The molecular formula is C13H12OS. The van der Waals surface area contributed by atoms with E-state index in [1.54, 1.807) is 11.8 Å². The average Bonchev–Trinajstić information content (AvgIpc) is 2.81. The summed E-state index contributed by atoms with van der Waals surface area (Å²) >= 11 is 1.74. The van der Waals surface area contributed by atoms with Crippen molar-refractivity contribution in [3.05, 3.63) is 46.9 Å². The van der Waals surface area contributed by atoms with E-state index in [-0.39, 0.29) is 0 Å². The van der Waals surface area contributed by atoms with Gasteiger partial charge >= 0.3 is 0 Å². The summed E-state index contributed by atoms with van der Waals surface area (Å²) in [5, 5.41) is 11.8. The van der Waals surface area contributed by atoms with E-state index in [1.165, 1.54) is 0 Å². The van der Waals surface area contributed by atoms with Gasteiger partial charge in [-0.2, -0.15) is 0 Å². The van der Waals surface area contributed by atoms with Gasteiger partial charge in [0.2, 0.25) is 0 Å². The molecule has 1 atom stereocenters. The van der Waals surface area contributed by atoms with E-state index in [0.29, 0.717) is 0 Å². The molecule has 0 bridgehead atoms. The second-order valence-electron chi connectivity index (χ2n) is 3.35. The summed E-state index contributed by atoms with van der Waals surface area (Å²) in [6.07, 6.45) is 0.357. The predicted molar refractivity (Wildman–Crippen MR) is 64.5 cm³/mol. The van der Waals surface area contributed by atoms with Gasteiger partial charge in [0.15, 0.2) is 0 Å². The van der Waals surface area contributed by atoms with Crippen LogP contribution < -0.4 is 0 Å². The highest BCUT2D eigenvalue weighted by Crippen LogP contribution is 2.23. The third-order valence-corrected chi connectivity index (χ3v) is 3.13. The van der Waals surface area contributed by atoms with Gasteiger partial charge in [0, 0.05) is 11.3 Å². The molecule has 0 amide bonds. The van der Waals surface area contributed by atoms with E-state index in [1.807, 2.05) is 35.7 Å². The number of aliphatic hydroxyl groups excluding tert-OH is 1. The molecule has 2 heteroatoms. The summed E-state index contributed by atoms with van der Waals surface area (Å²) in [4.78, 5) is 0. The first kappa shape index (κ1) is 10.4. The summed E-state index contributed by atoms with van der Waals surface area (Å²) in [5.74, 6) is 6.90. The number of aliphatic hydroxyl groups is 1. The van der Waals surface area contributed by atoms with Crippen molar-refractivity contribution in [3.63, 3.8) is 0 Å². The highest BCUT2D eigenvalue weighted by atomic mass is 32.2. The molecule has 1 aliphatic heterocycles. The molecule has 1 heterocycles. The summed E-state index contributed by atoms with van der Waals surface area (Å²) < 4.78 is 0. The van der Waals surface area contributed by atoms with Crippen LogP contribution in [0, 0.1) is 11.8 Å². The summed E-state index contributed by atoms with van der Waals surface area (Å²) in [7, 11) is 0. The smallest absolute Gasteiger partial charge is 0.137 e. The Morgan fingerprint density at radius 3 is 2.73 bits per heavy atom. The number of benzene rings is 1. The van der Waals surface area contributed by atoms with Crippen molar-refractivity contribution in [2.45, 2.75) is 12.5 Å². The number of thioether (sulfide) groups is 1. The highest BCUT2D eigenvalue weighted by molar-refractivity contribution is 8.02. The zero-order chi connectivity index (χ0) is 10.5. The molecule has 1 nitrogen and oxygen atoms in total. The van der Waals surface area contributed by atoms with Crippen molar-refractivity contribution in [2.24, 2.45) is 0 Å². The van der Waals surface area contributed by atoms with Gasteiger partial charge in [-0.25, -0.2) is 0 Å². The maximum absolute atomic E-state index is 9.76. The zero-order valence-corrected chi connectivity index (χ0v) is 9.13. The summed E-state index contributed by atoms with van der Waals surface area (Å²) in [6.45, 7) is 0. The van der Waals surface area contributed by atoms with Gasteiger partial charge in [-0.1, -0.05) is 30.0 Å². The van der Waals surface area contributed by atoms with Gasteiger partial charge in [0.05, 0.1) is 0 Å². The first-order valence-corrected chi connectivity index (χ1v) is 5.96. The lowest BCUT2D eigenvalue weighted by molar-refractivity contribution is 0.266. The summed E-state index contributed by atoms with van der Waals surface area (Å²) in [6, 6.07) is 9.73. The van der Waals surface area contributed by atoms with Crippen LogP contribution in [0.4, 0.5) is 0 Å². The van der Waals surface area contributed by atoms with Gasteiger partial charge in [0.25, 0.3) is 0 Å². The molecule has 1 unspecified atom stereocenters. The van der Waals surface area contributed by atoms with Gasteiger partial charge in [0.1, 0.15) is 6.10 Å². The fourth-order valence-corrected chi connectivity index (χ4v) is 2.30. The molecule has 0 spiro atoms. The van der Waals surface area contributed by atoms with Crippen LogP contribution >= 0.6 is 11.8 Å². The van der Waals surface area contributed by atoms with Crippen LogP contribution in [-0.4, -0.2) is 17.0 Å². The Balaban J connectivity index is 2.05. The van der Waals surface area contributed by atoms with Crippen molar-refractivity contribution < 1.29 is 5.11 Å². The molecule has 76 valence electrons. The second kappa shape index (κ2) is 5.06. The van der Waals surface area contributed by atoms with Crippen molar-refractivity contribution in [1.29, 1.82) is 0 Å². The monoisotopic (exact) mass is 216 g/mol. The standard InChI is InChI=1S/C13H12OS/c14-13(12-8-9-15-10-12)7-6-11-4-2-1-3-5-11/h1-5,10,13-14H,8-9H2. The van der Waals surface area contributed by atoms with Crippen molar-refractivity contribution in [3.8, 4) is 11.8 Å². The molecule has 2 rings (SSSR count). The molecule has 1 N–H and O–H groups in total. The van der Waals surface area contributed by atoms with Crippen LogP contribution in [0.5, 0.6) is 0 Å². The Morgan fingerprint density at radius 1 is 1.27 bits per heavy atom. The topological polar surface area (TPSA) is 20.2 Å². The first-order valence-electron chi connectivity index (χ1n) is 4.91. The number of hydrogen-bond acceptors (Lipinski definition) is 2. The zero-order valence-electron chi connectivity index (χ0n) is 8.31. The molecule has 0 radical (unpaired) electrons. The predicted octanol–water partition coefficient (Wildman–Crippen LogP) is 2.42. The lowest BCUT2D eigenvalue weighted by atomic mass is 10.1. The minimum Gasteiger partial charge on any atom is -0.376 e. The second-order valence-corrected chi connectivity index (χ2v) is 4.33. The quantitative estimate of drug-likeness (QED) is 0.727. The molecule has 0 saturated heterocycles. The van der Waals surface area contributed by atoms with Crippen molar-refractivity contribution in [2.75, 3.05) is 5.75 Å². The van der Waals surface area contributed by atoms with Crippen LogP contribution in [0.3, 0.4) is 0 Å². The first-order chi connectivity index (χ1) is 7.36. The van der Waals surface area contributed by atoms with E-state index in [0.717, 1.165) is 23.3 Å². The highest BCUT2D eigenvalue weighted by Gasteiger charge is 2.11. The van der Waals surface area contributed by atoms with Crippen LogP contribution in [0.1, 0.15) is 12.0 Å². The molecule has 0 saturated carbocycles. The molecular weight excluding hydrogens is 204 g/mol. The lowest BCUT2D eigenvalue weighted by Gasteiger charge is -2.01. The lowest BCUT2D eigenvalue weighted by Crippen LogP contribution is -2.05. The van der Waals surface area contributed by atoms with E-state index in [9.17, 15) is 5.11 Å². The van der Waals surface area contributed by atoms with E-state index < -0.39 is 6.10 Å². The third-order valence-electron chi connectivity index (χ3n) is 2.22. The van der Waals surface area contributed by atoms with Gasteiger partial charge in [-0.3, -0.25) is 0 Å². The fourth-order valence-electron chi connectivity index (χ4n) is 1.37.